The van der Waals surface area contributed by atoms with E-state index in [4.69, 9.17) is 5.73 Å². The van der Waals surface area contributed by atoms with Crippen molar-refractivity contribution < 1.29 is 0 Å². The zero-order chi connectivity index (χ0) is 10.9. The summed E-state index contributed by atoms with van der Waals surface area (Å²) >= 11 is 1.53. The molecule has 0 atom stereocenters. The molecule has 0 saturated carbocycles. The molecule has 0 radical (unpaired) electrons. The van der Waals surface area contributed by atoms with Gasteiger partial charge in [0.2, 0.25) is 0 Å². The molecule has 13 heavy (non-hydrogen) atoms. The standard InChI is InChI=1S/C5H9N3S.2C2H6/c1-4-3-8(9-2)7-5(4)6;2*1-2/h3H,1-2H3,(H2,6,7);2*1-2H3. The summed E-state index contributed by atoms with van der Waals surface area (Å²) in [5, 5.41) is 3.99. The first-order chi connectivity index (χ1) is 6.24. The van der Waals surface area contributed by atoms with Crippen LogP contribution in [0.15, 0.2) is 6.20 Å². The first-order valence-electron chi connectivity index (χ1n) is 4.60. The highest BCUT2D eigenvalue weighted by molar-refractivity contribution is 7.97. The first kappa shape index (κ1) is 14.9. The van der Waals surface area contributed by atoms with Crippen molar-refractivity contribution in [2.24, 2.45) is 0 Å². The zero-order valence-electron chi connectivity index (χ0n) is 9.46. The summed E-state index contributed by atoms with van der Waals surface area (Å²) in [5.74, 6) is 0.615. The van der Waals surface area contributed by atoms with Gasteiger partial charge in [0, 0.05) is 18.0 Å². The zero-order valence-corrected chi connectivity index (χ0v) is 10.3. The number of anilines is 1. The summed E-state index contributed by atoms with van der Waals surface area (Å²) in [5.41, 5.74) is 6.50. The van der Waals surface area contributed by atoms with E-state index < -0.39 is 0 Å². The lowest BCUT2D eigenvalue weighted by atomic mass is 10.4. The number of rotatable bonds is 1. The third-order valence-electron chi connectivity index (χ3n) is 1.10. The maximum atomic E-state index is 5.47. The molecule has 0 bridgehead atoms. The van der Waals surface area contributed by atoms with Crippen LogP contribution < -0.4 is 5.73 Å². The number of aromatic nitrogens is 2. The summed E-state index contributed by atoms with van der Waals surface area (Å²) in [6.07, 6.45) is 3.85. The number of aryl methyl sites for hydroxylation is 1. The fourth-order valence-electron chi connectivity index (χ4n) is 0.539. The van der Waals surface area contributed by atoms with Crippen LogP contribution in [-0.4, -0.2) is 15.4 Å². The van der Waals surface area contributed by atoms with Crippen molar-refractivity contribution in [3.05, 3.63) is 11.8 Å². The fraction of sp³-hybridized carbons (Fsp3) is 0.667. The molecular weight excluding hydrogens is 182 g/mol. The largest absolute Gasteiger partial charge is 0.382 e. The van der Waals surface area contributed by atoms with Crippen molar-refractivity contribution in [3.8, 4) is 0 Å². The van der Waals surface area contributed by atoms with E-state index in [0.717, 1.165) is 5.56 Å². The molecule has 0 saturated heterocycles. The number of nitrogen functional groups attached to an aromatic ring is 1. The molecule has 0 aliphatic carbocycles. The predicted octanol–water partition coefficient (Wildman–Crippen LogP) is 2.95. The predicted molar refractivity (Wildman–Crippen MR) is 63.0 cm³/mol. The minimum absolute atomic E-state index is 0.615. The Kier molecular flexibility index (Phi) is 10.8. The molecule has 1 rings (SSSR count). The van der Waals surface area contributed by atoms with Crippen molar-refractivity contribution in [2.45, 2.75) is 34.6 Å². The molecule has 0 aromatic carbocycles. The third kappa shape index (κ3) is 5.58. The van der Waals surface area contributed by atoms with E-state index in [1.54, 1.807) is 4.09 Å². The van der Waals surface area contributed by atoms with Crippen LogP contribution >= 0.6 is 11.9 Å². The van der Waals surface area contributed by atoms with E-state index in [2.05, 4.69) is 5.10 Å². The van der Waals surface area contributed by atoms with E-state index in [1.807, 2.05) is 47.1 Å². The van der Waals surface area contributed by atoms with Crippen LogP contribution in [0.1, 0.15) is 33.3 Å². The van der Waals surface area contributed by atoms with Crippen LogP contribution in [0.2, 0.25) is 0 Å². The van der Waals surface area contributed by atoms with Gasteiger partial charge in [-0.05, 0) is 18.9 Å². The quantitative estimate of drug-likeness (QED) is 0.763. The molecular formula is C9H21N3S. The van der Waals surface area contributed by atoms with Crippen molar-refractivity contribution in [1.29, 1.82) is 0 Å². The molecule has 1 aromatic rings. The smallest absolute Gasteiger partial charge is 0.149 e. The molecule has 78 valence electrons. The van der Waals surface area contributed by atoms with Gasteiger partial charge in [0.05, 0.1) is 0 Å². The van der Waals surface area contributed by atoms with Crippen LogP contribution in [0.3, 0.4) is 0 Å². The van der Waals surface area contributed by atoms with Gasteiger partial charge in [0.15, 0.2) is 0 Å². The van der Waals surface area contributed by atoms with Crippen LogP contribution in [-0.2, 0) is 0 Å². The van der Waals surface area contributed by atoms with Gasteiger partial charge in [-0.15, -0.1) is 5.10 Å². The molecule has 1 heterocycles. The molecule has 2 N–H and O–H groups in total. The SMILES string of the molecule is CC.CC.CSn1cc(C)c(N)n1. The Morgan fingerprint density at radius 3 is 1.92 bits per heavy atom. The van der Waals surface area contributed by atoms with E-state index in [1.165, 1.54) is 11.9 Å². The molecule has 4 heteroatoms. The number of nitrogens with zero attached hydrogens (tertiary/aromatic N) is 2. The lowest BCUT2D eigenvalue weighted by Gasteiger charge is -1.87. The Bertz CT molecular complexity index is 189. The van der Waals surface area contributed by atoms with Crippen molar-refractivity contribution >= 4 is 17.8 Å². The molecule has 0 fully saturated rings. The summed E-state index contributed by atoms with van der Waals surface area (Å²) < 4.78 is 1.74. The van der Waals surface area contributed by atoms with Gasteiger partial charge >= 0.3 is 0 Å². The van der Waals surface area contributed by atoms with Crippen LogP contribution in [0.25, 0.3) is 0 Å². The second-order valence-corrected chi connectivity index (χ2v) is 2.52. The number of nitrogens with two attached hydrogens (primary N) is 1. The average Bonchev–Trinajstić information content (AvgIpc) is 2.53. The number of hydrogen-bond acceptors (Lipinski definition) is 3. The lowest BCUT2D eigenvalue weighted by Crippen LogP contribution is -1.89. The molecule has 0 spiro atoms. The fourth-order valence-corrected chi connectivity index (χ4v) is 0.972. The molecule has 0 unspecified atom stereocenters. The van der Waals surface area contributed by atoms with Gasteiger partial charge in [0.1, 0.15) is 5.82 Å². The average molecular weight is 203 g/mol. The van der Waals surface area contributed by atoms with Gasteiger partial charge in [-0.1, -0.05) is 27.7 Å². The Labute approximate surface area is 85.8 Å². The van der Waals surface area contributed by atoms with E-state index in [9.17, 15) is 0 Å². The van der Waals surface area contributed by atoms with E-state index in [0.29, 0.717) is 5.82 Å². The van der Waals surface area contributed by atoms with Gasteiger partial charge < -0.3 is 5.73 Å². The summed E-state index contributed by atoms with van der Waals surface area (Å²) in [7, 11) is 0. The van der Waals surface area contributed by atoms with Crippen LogP contribution in [0.4, 0.5) is 5.82 Å². The summed E-state index contributed by atoms with van der Waals surface area (Å²) in [6, 6.07) is 0. The highest BCUT2D eigenvalue weighted by Crippen LogP contribution is 2.09. The summed E-state index contributed by atoms with van der Waals surface area (Å²) in [6.45, 7) is 9.94. The monoisotopic (exact) mass is 203 g/mol. The van der Waals surface area contributed by atoms with Gasteiger partial charge in [-0.3, -0.25) is 0 Å². The van der Waals surface area contributed by atoms with Crippen LogP contribution in [0.5, 0.6) is 0 Å². The minimum Gasteiger partial charge on any atom is -0.382 e. The lowest BCUT2D eigenvalue weighted by molar-refractivity contribution is 1.02. The normalized spacial score (nSPS) is 7.85. The Balaban J connectivity index is 0. The van der Waals surface area contributed by atoms with Gasteiger partial charge in [-0.2, -0.15) is 0 Å². The van der Waals surface area contributed by atoms with E-state index >= 15 is 0 Å². The molecule has 0 amide bonds. The molecule has 0 aliphatic heterocycles. The minimum atomic E-state index is 0.615. The highest BCUT2D eigenvalue weighted by Gasteiger charge is 1.96. The number of hydrogen-bond donors (Lipinski definition) is 1. The summed E-state index contributed by atoms with van der Waals surface area (Å²) in [4.78, 5) is 0. The second kappa shape index (κ2) is 9.45. The third-order valence-corrected chi connectivity index (χ3v) is 1.66. The Morgan fingerprint density at radius 1 is 1.31 bits per heavy atom. The molecule has 0 aliphatic rings. The molecule has 3 nitrogen and oxygen atoms in total. The van der Waals surface area contributed by atoms with Gasteiger partial charge in [0.25, 0.3) is 0 Å². The van der Waals surface area contributed by atoms with Crippen molar-refractivity contribution in [3.63, 3.8) is 0 Å². The Hall–Kier alpha value is -0.640. The highest BCUT2D eigenvalue weighted by atomic mass is 32.2. The maximum absolute atomic E-state index is 5.47. The Morgan fingerprint density at radius 2 is 1.77 bits per heavy atom. The second-order valence-electron chi connectivity index (χ2n) is 1.78. The van der Waals surface area contributed by atoms with Crippen LogP contribution in [0, 0.1) is 6.92 Å². The van der Waals surface area contributed by atoms with Crippen molar-refractivity contribution in [1.82, 2.24) is 9.19 Å². The van der Waals surface area contributed by atoms with Gasteiger partial charge in [-0.25, -0.2) is 4.09 Å². The van der Waals surface area contributed by atoms with E-state index in [-0.39, 0.29) is 0 Å². The topological polar surface area (TPSA) is 43.8 Å². The first-order valence-corrected chi connectivity index (χ1v) is 5.78. The molecule has 1 aromatic heterocycles. The maximum Gasteiger partial charge on any atom is 0.149 e. The van der Waals surface area contributed by atoms with Crippen molar-refractivity contribution in [2.75, 3.05) is 12.0 Å².